The number of hydrogen-bond donors (Lipinski definition) is 2. The average molecular weight is 617 g/mol. The predicted octanol–water partition coefficient (Wildman–Crippen LogP) is 5.02. The monoisotopic (exact) mass is 616 g/mol. The average Bonchev–Trinajstić information content (AvgIpc) is 3.47. The van der Waals surface area contributed by atoms with Crippen molar-refractivity contribution in [3.63, 3.8) is 0 Å². The predicted molar refractivity (Wildman–Crippen MR) is 152 cm³/mol. The molecule has 4 aromatic rings. The number of alkyl halides is 2. The fourth-order valence-corrected chi connectivity index (χ4v) is 4.97. The first-order valence-corrected chi connectivity index (χ1v) is 13.5. The van der Waals surface area contributed by atoms with Crippen molar-refractivity contribution in [2.24, 2.45) is 0 Å². The summed E-state index contributed by atoms with van der Waals surface area (Å²) in [7, 11) is 1.51. The Morgan fingerprint density at radius 2 is 1.81 bits per heavy atom. The molecule has 2 N–H and O–H groups in total. The molecule has 3 heterocycles. The third kappa shape index (κ3) is 5.72. The van der Waals surface area contributed by atoms with Crippen LogP contribution in [0, 0.1) is 0 Å². The van der Waals surface area contributed by atoms with E-state index in [0.29, 0.717) is 33.1 Å². The molecule has 10 nitrogen and oxygen atoms in total. The van der Waals surface area contributed by atoms with E-state index in [0.717, 1.165) is 6.07 Å². The zero-order chi connectivity index (χ0) is 30.1. The second kappa shape index (κ2) is 11.9. The van der Waals surface area contributed by atoms with Gasteiger partial charge in [0.2, 0.25) is 5.95 Å². The van der Waals surface area contributed by atoms with Crippen molar-refractivity contribution in [3.8, 4) is 5.69 Å². The van der Waals surface area contributed by atoms with Crippen LogP contribution in [0.5, 0.6) is 0 Å². The Morgan fingerprint density at radius 3 is 2.45 bits per heavy atom. The van der Waals surface area contributed by atoms with Gasteiger partial charge in [-0.1, -0.05) is 28.4 Å². The van der Waals surface area contributed by atoms with E-state index in [-0.39, 0.29) is 59.7 Å². The number of carbonyl (C=O) groups is 2. The summed E-state index contributed by atoms with van der Waals surface area (Å²) >= 11 is 12.1. The standard InChI is InChI=1S/C28H24Cl2F2N6O4/c1-14-9-19-23(13-37(14)26(40)16-5-8-20(29)21(30)10-16)35-28(34-12-18-11-22(24(31)32)36-42-18)38(27(19)41)17-6-3-15(4-7-17)25(39)33-2/h3-8,10-11,14,24H,9,12-13H2,1-2H3,(H,33,39)(H,34,35)/t14-/m1/s1. The van der Waals surface area contributed by atoms with Gasteiger partial charge in [0.05, 0.1) is 34.5 Å². The number of hydrogen-bond acceptors (Lipinski definition) is 7. The molecule has 42 heavy (non-hydrogen) atoms. The lowest BCUT2D eigenvalue weighted by Crippen LogP contribution is -2.46. The van der Waals surface area contributed by atoms with Gasteiger partial charge in [0.25, 0.3) is 23.8 Å². The molecule has 1 aliphatic heterocycles. The molecule has 0 unspecified atom stereocenters. The summed E-state index contributed by atoms with van der Waals surface area (Å²) in [6, 6.07) is 11.7. The fourth-order valence-electron chi connectivity index (χ4n) is 4.67. The molecule has 0 fully saturated rings. The smallest absolute Gasteiger partial charge is 0.283 e. The number of aromatic nitrogens is 3. The van der Waals surface area contributed by atoms with Gasteiger partial charge in [-0.15, -0.1) is 0 Å². The summed E-state index contributed by atoms with van der Waals surface area (Å²) in [4.78, 5) is 45.6. The van der Waals surface area contributed by atoms with Crippen LogP contribution < -0.4 is 16.2 Å². The third-order valence-corrected chi connectivity index (χ3v) is 7.62. The number of benzene rings is 2. The Hall–Kier alpha value is -4.29. The number of anilines is 1. The van der Waals surface area contributed by atoms with Crippen LogP contribution in [0.3, 0.4) is 0 Å². The highest BCUT2D eigenvalue weighted by atomic mass is 35.5. The molecular formula is C28H24Cl2F2N6O4. The number of halogens is 4. The summed E-state index contributed by atoms with van der Waals surface area (Å²) in [6.07, 6.45) is -2.58. The molecule has 2 amide bonds. The van der Waals surface area contributed by atoms with Gasteiger partial charge in [-0.25, -0.2) is 18.3 Å². The fraction of sp³-hybridized carbons (Fsp3) is 0.250. The van der Waals surface area contributed by atoms with Crippen molar-refractivity contribution >= 4 is 41.0 Å². The van der Waals surface area contributed by atoms with E-state index in [1.807, 2.05) is 6.92 Å². The lowest BCUT2D eigenvalue weighted by molar-refractivity contribution is 0.0653. The van der Waals surface area contributed by atoms with E-state index in [2.05, 4.69) is 15.8 Å². The van der Waals surface area contributed by atoms with Gasteiger partial charge >= 0.3 is 0 Å². The number of carbonyl (C=O) groups excluding carboxylic acids is 2. The van der Waals surface area contributed by atoms with E-state index in [4.69, 9.17) is 32.7 Å². The minimum absolute atomic E-state index is 0.0355. The maximum Gasteiger partial charge on any atom is 0.283 e. The highest BCUT2D eigenvalue weighted by molar-refractivity contribution is 6.42. The molecule has 0 saturated heterocycles. The Bertz CT molecular complexity index is 1720. The maximum absolute atomic E-state index is 13.9. The summed E-state index contributed by atoms with van der Waals surface area (Å²) < 4.78 is 32.3. The van der Waals surface area contributed by atoms with Crippen LogP contribution in [0.2, 0.25) is 10.0 Å². The number of nitrogens with zero attached hydrogens (tertiary/aromatic N) is 4. The van der Waals surface area contributed by atoms with Gasteiger partial charge in [-0.3, -0.25) is 14.4 Å². The van der Waals surface area contributed by atoms with Gasteiger partial charge in [0, 0.05) is 35.8 Å². The van der Waals surface area contributed by atoms with Crippen LogP contribution in [0.25, 0.3) is 5.69 Å². The van der Waals surface area contributed by atoms with Crippen LogP contribution in [0.1, 0.15) is 56.8 Å². The number of amides is 2. The summed E-state index contributed by atoms with van der Waals surface area (Å²) in [5, 5.41) is 9.43. The third-order valence-electron chi connectivity index (χ3n) is 6.88. The Labute approximate surface area is 248 Å². The van der Waals surface area contributed by atoms with Crippen molar-refractivity contribution in [2.45, 2.75) is 38.9 Å². The zero-order valence-corrected chi connectivity index (χ0v) is 23.8. The van der Waals surface area contributed by atoms with E-state index in [9.17, 15) is 23.2 Å². The van der Waals surface area contributed by atoms with Crippen molar-refractivity contribution in [1.82, 2.24) is 24.9 Å². The summed E-state index contributed by atoms with van der Waals surface area (Å²) in [5.41, 5.74) is 1.04. The number of nitrogens with one attached hydrogen (secondary N) is 2. The van der Waals surface area contributed by atoms with Crippen molar-refractivity contribution in [2.75, 3.05) is 12.4 Å². The van der Waals surface area contributed by atoms with Crippen molar-refractivity contribution in [3.05, 3.63) is 103 Å². The molecule has 0 bridgehead atoms. The van der Waals surface area contributed by atoms with Crippen LogP contribution in [-0.2, 0) is 19.5 Å². The minimum Gasteiger partial charge on any atom is -0.359 e. The summed E-state index contributed by atoms with van der Waals surface area (Å²) in [5.74, 6) is -0.420. The zero-order valence-electron chi connectivity index (χ0n) is 22.3. The van der Waals surface area contributed by atoms with Crippen LogP contribution >= 0.6 is 23.2 Å². The van der Waals surface area contributed by atoms with Gasteiger partial charge in [0.1, 0.15) is 5.69 Å². The van der Waals surface area contributed by atoms with Gasteiger partial charge in [0.15, 0.2) is 5.76 Å². The molecule has 0 aliphatic carbocycles. The van der Waals surface area contributed by atoms with Gasteiger partial charge in [-0.05, 0) is 55.8 Å². The number of fused-ring (bicyclic) bond motifs is 1. The first kappa shape index (κ1) is 29.2. The molecule has 0 saturated carbocycles. The quantitative estimate of drug-likeness (QED) is 0.299. The molecule has 1 atom stereocenters. The van der Waals surface area contributed by atoms with Crippen LogP contribution in [0.15, 0.2) is 57.8 Å². The maximum atomic E-state index is 13.9. The molecule has 14 heteroatoms. The van der Waals surface area contributed by atoms with E-state index in [1.165, 1.54) is 23.7 Å². The Kier molecular flexibility index (Phi) is 8.28. The number of rotatable bonds is 7. The Morgan fingerprint density at radius 1 is 1.10 bits per heavy atom. The normalized spacial score (nSPS) is 14.5. The highest BCUT2D eigenvalue weighted by Gasteiger charge is 2.32. The molecule has 1 aliphatic rings. The van der Waals surface area contributed by atoms with Crippen LogP contribution in [-0.4, -0.2) is 44.5 Å². The molecule has 5 rings (SSSR count). The Balaban J connectivity index is 1.54. The van der Waals surface area contributed by atoms with Crippen molar-refractivity contribution < 1.29 is 22.9 Å². The van der Waals surface area contributed by atoms with E-state index in [1.54, 1.807) is 35.2 Å². The summed E-state index contributed by atoms with van der Waals surface area (Å²) in [6.45, 7) is 1.76. The largest absolute Gasteiger partial charge is 0.359 e. The molecule has 0 radical (unpaired) electrons. The van der Waals surface area contributed by atoms with E-state index >= 15 is 0 Å². The van der Waals surface area contributed by atoms with E-state index < -0.39 is 12.1 Å². The lowest BCUT2D eigenvalue weighted by Gasteiger charge is -2.34. The molecule has 0 spiro atoms. The lowest BCUT2D eigenvalue weighted by atomic mass is 9.98. The first-order valence-electron chi connectivity index (χ1n) is 12.8. The minimum atomic E-state index is -2.80. The molecular weight excluding hydrogens is 593 g/mol. The molecule has 2 aromatic carbocycles. The first-order chi connectivity index (χ1) is 20.1. The van der Waals surface area contributed by atoms with Gasteiger partial charge < -0.3 is 20.1 Å². The molecule has 2 aromatic heterocycles. The topological polar surface area (TPSA) is 122 Å². The second-order valence-electron chi connectivity index (χ2n) is 9.61. The highest BCUT2D eigenvalue weighted by Crippen LogP contribution is 2.28. The van der Waals surface area contributed by atoms with Gasteiger partial charge in [-0.2, -0.15) is 0 Å². The van der Waals surface area contributed by atoms with Crippen LogP contribution in [0.4, 0.5) is 14.7 Å². The van der Waals surface area contributed by atoms with Crippen molar-refractivity contribution in [1.29, 1.82) is 0 Å². The SMILES string of the molecule is CNC(=O)c1ccc(-n2c(NCc3cc(C(F)F)no3)nc3c(c2=O)C[C@@H](C)N(C(=O)c2ccc(Cl)c(Cl)c2)C3)cc1. The second-order valence-corrected chi connectivity index (χ2v) is 10.4. The molecule has 218 valence electrons.